The van der Waals surface area contributed by atoms with Crippen LogP contribution < -0.4 is 16.4 Å². The number of nitrogens with zero attached hydrogens (tertiary/aromatic N) is 2. The molecule has 0 radical (unpaired) electrons. The van der Waals surface area contributed by atoms with E-state index in [4.69, 9.17) is 5.73 Å². The van der Waals surface area contributed by atoms with Gasteiger partial charge in [-0.2, -0.15) is 0 Å². The Kier molecular flexibility index (Phi) is 3.97. The van der Waals surface area contributed by atoms with Gasteiger partial charge in [-0.3, -0.25) is 9.59 Å². The van der Waals surface area contributed by atoms with Gasteiger partial charge in [-0.1, -0.05) is 12.1 Å². The molecule has 2 amide bonds. The minimum atomic E-state index is -0.593. The van der Waals surface area contributed by atoms with E-state index in [1.54, 1.807) is 0 Å². The van der Waals surface area contributed by atoms with E-state index >= 15 is 0 Å². The molecule has 5 rings (SSSR count). The van der Waals surface area contributed by atoms with Crippen LogP contribution in [0, 0.1) is 5.92 Å². The highest BCUT2D eigenvalue weighted by atomic mass is 16.2. The van der Waals surface area contributed by atoms with Crippen LogP contribution in [-0.4, -0.2) is 28.1 Å². The lowest BCUT2D eigenvalue weighted by atomic mass is 9.99. The van der Waals surface area contributed by atoms with Gasteiger partial charge >= 0.3 is 0 Å². The number of fused-ring (bicyclic) bond motifs is 2. The first-order chi connectivity index (χ1) is 14.0. The number of nitrogens with two attached hydrogens (primary N) is 1. The zero-order valence-electron chi connectivity index (χ0n) is 16.0. The quantitative estimate of drug-likeness (QED) is 0.623. The van der Waals surface area contributed by atoms with Crippen molar-refractivity contribution in [3.05, 3.63) is 47.7 Å². The Morgan fingerprint density at radius 3 is 2.69 bits per heavy atom. The minimum Gasteiger partial charge on any atom is -0.380 e. The van der Waals surface area contributed by atoms with Crippen molar-refractivity contribution in [3.8, 4) is 11.1 Å². The molecule has 0 bridgehead atoms. The lowest BCUT2D eigenvalue weighted by Crippen LogP contribution is -2.23. The zero-order chi connectivity index (χ0) is 20.1. The number of aromatic nitrogens is 2. The maximum atomic E-state index is 11.9. The van der Waals surface area contributed by atoms with Crippen LogP contribution in [0.2, 0.25) is 0 Å². The number of rotatable bonds is 5. The summed E-state index contributed by atoms with van der Waals surface area (Å²) in [4.78, 5) is 23.5. The number of amides is 2. The highest BCUT2D eigenvalue weighted by molar-refractivity contribution is 6.05. The third-order valence-electron chi connectivity index (χ3n) is 5.76. The van der Waals surface area contributed by atoms with Crippen molar-refractivity contribution in [2.24, 2.45) is 11.7 Å². The number of anilines is 2. The Morgan fingerprint density at radius 2 is 1.93 bits per heavy atom. The molecule has 146 valence electrons. The third kappa shape index (κ3) is 3.18. The number of hydrogen-bond acceptors (Lipinski definition) is 5. The van der Waals surface area contributed by atoms with Crippen LogP contribution in [0.25, 0.3) is 22.0 Å². The number of carbonyl (C=O) groups is 2. The predicted molar refractivity (Wildman–Crippen MR) is 112 cm³/mol. The number of hydrogen-bond donors (Lipinski definition) is 3. The van der Waals surface area contributed by atoms with Gasteiger partial charge in [-0.05, 0) is 66.6 Å². The van der Waals surface area contributed by atoms with E-state index in [1.165, 1.54) is 12.8 Å². The molecule has 1 aliphatic heterocycles. The molecule has 7 heteroatoms. The Morgan fingerprint density at radius 1 is 1.17 bits per heavy atom. The van der Waals surface area contributed by atoms with Crippen LogP contribution in [0.4, 0.5) is 11.4 Å². The molecule has 1 aromatic heterocycles. The summed E-state index contributed by atoms with van der Waals surface area (Å²) < 4.78 is 0. The van der Waals surface area contributed by atoms with Crippen molar-refractivity contribution in [1.29, 1.82) is 0 Å². The predicted octanol–water partition coefficient (Wildman–Crippen LogP) is 3.10. The van der Waals surface area contributed by atoms with E-state index in [1.807, 2.05) is 36.4 Å². The van der Waals surface area contributed by atoms with Gasteiger partial charge in [0.15, 0.2) is 5.69 Å². The summed E-state index contributed by atoms with van der Waals surface area (Å²) in [6.45, 7) is 2.11. The molecule has 0 saturated heterocycles. The second-order valence-electron chi connectivity index (χ2n) is 7.89. The van der Waals surface area contributed by atoms with Crippen molar-refractivity contribution in [2.75, 3.05) is 10.6 Å². The van der Waals surface area contributed by atoms with E-state index in [0.29, 0.717) is 23.5 Å². The molecule has 1 atom stereocenters. The summed E-state index contributed by atoms with van der Waals surface area (Å²) >= 11 is 0. The molecular weight excluding hydrogens is 366 g/mol. The molecule has 2 aromatic carbocycles. The summed E-state index contributed by atoms with van der Waals surface area (Å²) in [7, 11) is 0. The van der Waals surface area contributed by atoms with Gasteiger partial charge in [0.1, 0.15) is 0 Å². The number of primary amides is 1. The second kappa shape index (κ2) is 6.55. The Bertz CT molecular complexity index is 1170. The summed E-state index contributed by atoms with van der Waals surface area (Å²) in [5.74, 6) is 0.0340. The van der Waals surface area contributed by atoms with E-state index in [0.717, 1.165) is 27.8 Å². The monoisotopic (exact) mass is 387 g/mol. The molecule has 1 aliphatic carbocycles. The highest BCUT2D eigenvalue weighted by Crippen LogP contribution is 2.36. The molecule has 29 heavy (non-hydrogen) atoms. The van der Waals surface area contributed by atoms with Gasteiger partial charge in [0.05, 0.1) is 17.6 Å². The molecular formula is C22H21N5O2. The Labute approximate surface area is 167 Å². The van der Waals surface area contributed by atoms with Crippen LogP contribution in [-0.2, 0) is 11.2 Å². The lowest BCUT2D eigenvalue weighted by molar-refractivity contribution is -0.115. The topological polar surface area (TPSA) is 110 Å². The molecule has 1 saturated carbocycles. The summed E-state index contributed by atoms with van der Waals surface area (Å²) in [5.41, 5.74) is 10.9. The normalized spacial score (nSPS) is 16.4. The van der Waals surface area contributed by atoms with Crippen molar-refractivity contribution >= 4 is 34.1 Å². The van der Waals surface area contributed by atoms with Crippen molar-refractivity contribution < 1.29 is 9.59 Å². The lowest BCUT2D eigenvalue weighted by Gasteiger charge is -2.18. The maximum Gasteiger partial charge on any atom is 0.271 e. The molecule has 0 spiro atoms. The fourth-order valence-corrected chi connectivity index (χ4v) is 3.96. The Balaban J connectivity index is 1.57. The molecule has 7 nitrogen and oxygen atoms in total. The van der Waals surface area contributed by atoms with Crippen molar-refractivity contribution in [3.63, 3.8) is 0 Å². The first kappa shape index (κ1) is 17.6. The maximum absolute atomic E-state index is 11.9. The average Bonchev–Trinajstić information content (AvgIpc) is 3.48. The van der Waals surface area contributed by atoms with Crippen molar-refractivity contribution in [1.82, 2.24) is 10.2 Å². The largest absolute Gasteiger partial charge is 0.380 e. The van der Waals surface area contributed by atoms with Crippen LogP contribution >= 0.6 is 0 Å². The summed E-state index contributed by atoms with van der Waals surface area (Å²) in [6.07, 6.45) is 2.78. The number of nitrogens with one attached hydrogen (secondary N) is 2. The van der Waals surface area contributed by atoms with Gasteiger partial charge in [-0.25, -0.2) is 0 Å². The Hall–Kier alpha value is -3.48. The smallest absolute Gasteiger partial charge is 0.271 e. The summed E-state index contributed by atoms with van der Waals surface area (Å²) in [6, 6.07) is 12.1. The molecule has 2 aliphatic rings. The highest BCUT2D eigenvalue weighted by Gasteiger charge is 2.29. The third-order valence-corrected chi connectivity index (χ3v) is 5.76. The SMILES string of the molecule is CC(Nc1c(C(N)=O)nnc2cc(-c3ccc4c(c3)CC(=O)N4)ccc12)C1CC1. The van der Waals surface area contributed by atoms with E-state index in [-0.39, 0.29) is 17.6 Å². The van der Waals surface area contributed by atoms with Gasteiger partial charge in [0.25, 0.3) is 5.91 Å². The first-order valence-electron chi connectivity index (χ1n) is 9.79. The van der Waals surface area contributed by atoms with Crippen LogP contribution in [0.5, 0.6) is 0 Å². The van der Waals surface area contributed by atoms with E-state index < -0.39 is 5.91 Å². The molecule has 1 fully saturated rings. The first-order valence-corrected chi connectivity index (χ1v) is 9.79. The van der Waals surface area contributed by atoms with Gasteiger partial charge < -0.3 is 16.4 Å². The molecule has 2 heterocycles. The number of carbonyl (C=O) groups excluding carboxylic acids is 2. The summed E-state index contributed by atoms with van der Waals surface area (Å²) in [5, 5.41) is 15.5. The fourth-order valence-electron chi connectivity index (χ4n) is 3.96. The van der Waals surface area contributed by atoms with Gasteiger partial charge in [0.2, 0.25) is 5.91 Å². The molecule has 3 aromatic rings. The number of benzene rings is 2. The van der Waals surface area contributed by atoms with Gasteiger partial charge in [-0.15, -0.1) is 10.2 Å². The van der Waals surface area contributed by atoms with Crippen LogP contribution in [0.1, 0.15) is 35.8 Å². The van der Waals surface area contributed by atoms with Crippen LogP contribution in [0.15, 0.2) is 36.4 Å². The molecule has 4 N–H and O–H groups in total. The molecule has 1 unspecified atom stereocenters. The fraction of sp³-hybridized carbons (Fsp3) is 0.273. The zero-order valence-corrected chi connectivity index (χ0v) is 16.0. The van der Waals surface area contributed by atoms with Crippen LogP contribution in [0.3, 0.4) is 0 Å². The minimum absolute atomic E-state index is 0.0148. The van der Waals surface area contributed by atoms with Crippen molar-refractivity contribution in [2.45, 2.75) is 32.2 Å². The van der Waals surface area contributed by atoms with Gasteiger partial charge in [0, 0.05) is 17.1 Å². The van der Waals surface area contributed by atoms with E-state index in [2.05, 4.69) is 27.8 Å². The second-order valence-corrected chi connectivity index (χ2v) is 7.89. The average molecular weight is 387 g/mol. The van der Waals surface area contributed by atoms with E-state index in [9.17, 15) is 9.59 Å². The standard InChI is InChI=1S/C22H21N5O2/c1-11(12-2-3-12)24-20-16-6-4-14(9-18(16)26-27-21(20)22(23)29)13-5-7-17-15(8-13)10-19(28)25-17/h4-9,11-12H,2-3,10H2,1H3,(H2,23,29)(H,24,26)(H,25,28).